The second kappa shape index (κ2) is 7.56. The number of hydrogen-bond acceptors (Lipinski definition) is 5. The fraction of sp³-hybridized carbons (Fsp3) is 0.545. The molecule has 0 spiro atoms. The van der Waals surface area contributed by atoms with Gasteiger partial charge in [-0.25, -0.2) is 4.79 Å². The first-order chi connectivity index (χ1) is 13.8. The smallest absolute Gasteiger partial charge is 0.330 e. The molecule has 0 radical (unpaired) electrons. The summed E-state index contributed by atoms with van der Waals surface area (Å²) >= 11 is 5.82. The summed E-state index contributed by atoms with van der Waals surface area (Å²) in [5.41, 5.74) is 0.378. The molecule has 2 saturated carbocycles. The van der Waals surface area contributed by atoms with Gasteiger partial charge in [-0.15, -0.1) is 0 Å². The van der Waals surface area contributed by atoms with Gasteiger partial charge in [0, 0.05) is 10.6 Å². The monoisotopic (exact) mass is 417 g/mol. The third-order valence-corrected chi connectivity index (χ3v) is 6.88. The van der Waals surface area contributed by atoms with E-state index >= 15 is 0 Å². The molecule has 29 heavy (non-hydrogen) atoms. The minimum Gasteiger partial charge on any atom is -0.456 e. The first-order valence-electron chi connectivity index (χ1n) is 10.1. The van der Waals surface area contributed by atoms with Crippen molar-refractivity contribution in [2.45, 2.75) is 39.2 Å². The van der Waals surface area contributed by atoms with E-state index in [0.29, 0.717) is 10.6 Å². The molecule has 3 fully saturated rings. The Morgan fingerprint density at radius 2 is 1.62 bits per heavy atom. The third kappa shape index (κ3) is 3.37. The van der Waals surface area contributed by atoms with E-state index in [1.165, 1.54) is 0 Å². The Kier molecular flexibility index (Phi) is 5.23. The predicted octanol–water partition coefficient (Wildman–Crippen LogP) is 3.12. The molecule has 1 heterocycles. The summed E-state index contributed by atoms with van der Waals surface area (Å²) in [4.78, 5) is 52.3. The number of amides is 2. The lowest BCUT2D eigenvalue weighted by molar-refractivity contribution is -0.160. The molecule has 0 unspecified atom stereocenters. The number of fused-ring (bicyclic) bond motifs is 5. The molecule has 4 rings (SSSR count). The number of likely N-dealkylation sites (tertiary alicyclic amines) is 1. The summed E-state index contributed by atoms with van der Waals surface area (Å²) in [6, 6.07) is 5.29. The lowest BCUT2D eigenvalue weighted by Gasteiger charge is -2.28. The summed E-state index contributed by atoms with van der Waals surface area (Å²) in [5.74, 6) is -1.94. The van der Waals surface area contributed by atoms with Crippen LogP contribution in [0.15, 0.2) is 24.3 Å². The number of Topliss-reactive ketones (excluding diaryl/α,β-unsaturated/α-hetero) is 1. The van der Waals surface area contributed by atoms with E-state index in [0.717, 1.165) is 24.2 Å². The lowest BCUT2D eigenvalue weighted by atomic mass is 9.81. The Balaban J connectivity index is 1.47. The largest absolute Gasteiger partial charge is 0.456 e. The van der Waals surface area contributed by atoms with Crippen LogP contribution in [0.2, 0.25) is 5.02 Å². The minimum absolute atomic E-state index is 0.244. The van der Waals surface area contributed by atoms with E-state index < -0.39 is 18.6 Å². The molecule has 3 aliphatic rings. The highest BCUT2D eigenvalue weighted by atomic mass is 35.5. The number of benzene rings is 1. The van der Waals surface area contributed by atoms with E-state index in [-0.39, 0.29) is 47.2 Å². The second-order valence-corrected chi connectivity index (χ2v) is 9.09. The Morgan fingerprint density at radius 1 is 1.07 bits per heavy atom. The molecular weight excluding hydrogens is 394 g/mol. The van der Waals surface area contributed by atoms with Crippen molar-refractivity contribution in [1.29, 1.82) is 0 Å². The molecule has 1 aromatic carbocycles. The van der Waals surface area contributed by atoms with Crippen molar-refractivity contribution in [3.63, 3.8) is 0 Å². The number of esters is 1. The van der Waals surface area contributed by atoms with Crippen molar-refractivity contribution >= 4 is 35.2 Å². The molecule has 1 aromatic rings. The second-order valence-electron chi connectivity index (χ2n) is 8.66. The highest BCUT2D eigenvalue weighted by Crippen LogP contribution is 2.56. The average Bonchev–Trinajstić information content (AvgIpc) is 3.36. The van der Waals surface area contributed by atoms with Crippen molar-refractivity contribution in [3.8, 4) is 0 Å². The molecule has 2 aliphatic carbocycles. The van der Waals surface area contributed by atoms with Gasteiger partial charge in [0.2, 0.25) is 11.8 Å². The maximum atomic E-state index is 13.0. The van der Waals surface area contributed by atoms with E-state index in [2.05, 4.69) is 0 Å². The molecule has 7 heteroatoms. The van der Waals surface area contributed by atoms with Gasteiger partial charge >= 0.3 is 5.97 Å². The number of rotatable bonds is 6. The van der Waals surface area contributed by atoms with Gasteiger partial charge < -0.3 is 4.74 Å². The van der Waals surface area contributed by atoms with E-state index in [1.807, 2.05) is 0 Å². The standard InChI is InChI=1S/C22H24ClNO5/c1-11(2)19(22(28)29-10-16(25)12-5-7-15(23)8-6-12)24-20(26)17-13-3-4-14(9-13)18(17)21(24)27/h5-8,11,13-14,17-19H,3-4,9-10H2,1-2H3/t13-,14+,17-,18+,19-/m1/s1. The van der Waals surface area contributed by atoms with Crippen LogP contribution in [-0.2, 0) is 19.1 Å². The van der Waals surface area contributed by atoms with Crippen molar-refractivity contribution in [3.05, 3.63) is 34.9 Å². The summed E-state index contributed by atoms with van der Waals surface area (Å²) < 4.78 is 5.24. The molecular formula is C22H24ClNO5. The van der Waals surface area contributed by atoms with Crippen LogP contribution in [0.5, 0.6) is 0 Å². The maximum absolute atomic E-state index is 13.0. The van der Waals surface area contributed by atoms with Crippen molar-refractivity contribution in [2.75, 3.05) is 6.61 Å². The summed E-state index contributed by atoms with van der Waals surface area (Å²) in [6.45, 7) is 3.10. The van der Waals surface area contributed by atoms with Crippen LogP contribution >= 0.6 is 11.6 Å². The van der Waals surface area contributed by atoms with Crippen LogP contribution < -0.4 is 0 Å². The van der Waals surface area contributed by atoms with E-state index in [1.54, 1.807) is 38.1 Å². The molecule has 1 aliphatic heterocycles. The van der Waals surface area contributed by atoms with E-state index in [4.69, 9.17) is 16.3 Å². The Morgan fingerprint density at radius 3 is 2.14 bits per heavy atom. The van der Waals surface area contributed by atoms with Crippen LogP contribution in [-0.4, -0.2) is 41.1 Å². The highest BCUT2D eigenvalue weighted by molar-refractivity contribution is 6.30. The van der Waals surface area contributed by atoms with Gasteiger partial charge in [-0.2, -0.15) is 0 Å². The lowest BCUT2D eigenvalue weighted by Crippen LogP contribution is -2.50. The fourth-order valence-corrected chi connectivity index (χ4v) is 5.45. The van der Waals surface area contributed by atoms with Crippen molar-refractivity contribution in [1.82, 2.24) is 4.90 Å². The number of ketones is 1. The quantitative estimate of drug-likeness (QED) is 0.403. The zero-order valence-corrected chi connectivity index (χ0v) is 17.2. The minimum atomic E-state index is -1.00. The number of ether oxygens (including phenoxy) is 1. The van der Waals surface area contributed by atoms with Gasteiger partial charge in [0.25, 0.3) is 0 Å². The van der Waals surface area contributed by atoms with Crippen LogP contribution in [0.25, 0.3) is 0 Å². The normalized spacial score (nSPS) is 28.8. The molecule has 6 nitrogen and oxygen atoms in total. The number of nitrogens with zero attached hydrogens (tertiary/aromatic N) is 1. The first kappa shape index (κ1) is 20.1. The third-order valence-electron chi connectivity index (χ3n) is 6.62. The van der Waals surface area contributed by atoms with Gasteiger partial charge in [-0.05, 0) is 61.3 Å². The van der Waals surface area contributed by atoms with Gasteiger partial charge in [0.05, 0.1) is 11.8 Å². The van der Waals surface area contributed by atoms with Crippen molar-refractivity contribution < 1.29 is 23.9 Å². The van der Waals surface area contributed by atoms with Gasteiger partial charge in [-0.1, -0.05) is 25.4 Å². The summed E-state index contributed by atoms with van der Waals surface area (Å²) in [6.07, 6.45) is 2.89. The Hall–Kier alpha value is -2.21. The Labute approximate surface area is 174 Å². The maximum Gasteiger partial charge on any atom is 0.330 e. The SMILES string of the molecule is CC(C)[C@H](C(=O)OCC(=O)c1ccc(Cl)cc1)N1C(=O)[C@@H]2[C@@H]3CC[C@@H](C3)[C@@H]2C1=O. The summed E-state index contributed by atoms with van der Waals surface area (Å²) in [5, 5.41) is 0.504. The van der Waals surface area contributed by atoms with Crippen molar-refractivity contribution in [2.24, 2.45) is 29.6 Å². The number of carbonyl (C=O) groups excluding carboxylic acids is 4. The molecule has 2 amide bonds. The molecule has 5 atom stereocenters. The number of imide groups is 1. The van der Waals surface area contributed by atoms with Crippen LogP contribution in [0.3, 0.4) is 0 Å². The van der Waals surface area contributed by atoms with E-state index in [9.17, 15) is 19.2 Å². The molecule has 154 valence electrons. The zero-order valence-electron chi connectivity index (χ0n) is 16.5. The predicted molar refractivity (Wildman–Crippen MR) is 105 cm³/mol. The first-order valence-corrected chi connectivity index (χ1v) is 10.5. The summed E-state index contributed by atoms with van der Waals surface area (Å²) in [7, 11) is 0. The fourth-order valence-electron chi connectivity index (χ4n) is 5.32. The van der Waals surface area contributed by atoms with Crippen LogP contribution in [0, 0.1) is 29.6 Å². The average molecular weight is 418 g/mol. The highest BCUT2D eigenvalue weighted by Gasteiger charge is 2.62. The van der Waals surface area contributed by atoms with Gasteiger partial charge in [0.15, 0.2) is 12.4 Å². The number of halogens is 1. The van der Waals surface area contributed by atoms with Gasteiger partial charge in [0.1, 0.15) is 6.04 Å². The van der Waals surface area contributed by atoms with Gasteiger partial charge in [-0.3, -0.25) is 19.3 Å². The van der Waals surface area contributed by atoms with Crippen LogP contribution in [0.4, 0.5) is 0 Å². The topological polar surface area (TPSA) is 80.8 Å². The number of carbonyl (C=O) groups is 4. The molecule has 0 aromatic heterocycles. The van der Waals surface area contributed by atoms with Crippen LogP contribution in [0.1, 0.15) is 43.5 Å². The molecule has 2 bridgehead atoms. The number of hydrogen-bond donors (Lipinski definition) is 0. The molecule has 0 N–H and O–H groups in total. The Bertz CT molecular complexity index is 836. The zero-order chi connectivity index (χ0) is 20.9. The molecule has 1 saturated heterocycles.